The maximum absolute atomic E-state index is 10.4. The Balaban J connectivity index is 2.39. The molecule has 0 saturated carbocycles. The fraction of sp³-hybridized carbons (Fsp3) is 0.750. The summed E-state index contributed by atoms with van der Waals surface area (Å²) in [6, 6.07) is 0. The van der Waals surface area contributed by atoms with Crippen molar-refractivity contribution in [2.24, 2.45) is 0 Å². The van der Waals surface area contributed by atoms with Crippen LogP contribution in [0.15, 0.2) is 0 Å². The van der Waals surface area contributed by atoms with E-state index in [2.05, 4.69) is 10.9 Å². The minimum absolute atomic E-state index is 0.337. The second kappa shape index (κ2) is 2.11. The van der Waals surface area contributed by atoms with E-state index in [-0.39, 0.29) is 5.91 Å². The molecule has 0 aliphatic carbocycles. The standard InChI is InChI=1S/C4H8N2O2/c7-3-1-2-5-6-4(3)8/h3,5,7H,1-2H2,(H,6,8). The number of aliphatic hydroxyl groups is 1. The van der Waals surface area contributed by atoms with Gasteiger partial charge in [0.1, 0.15) is 6.10 Å². The van der Waals surface area contributed by atoms with E-state index in [4.69, 9.17) is 5.11 Å². The van der Waals surface area contributed by atoms with Gasteiger partial charge >= 0.3 is 0 Å². The van der Waals surface area contributed by atoms with Crippen LogP contribution in [0.2, 0.25) is 0 Å². The fourth-order valence-corrected chi connectivity index (χ4v) is 0.573. The zero-order chi connectivity index (χ0) is 5.98. The molecule has 1 fully saturated rings. The molecule has 1 unspecified atom stereocenters. The molecule has 1 saturated heterocycles. The molecule has 1 heterocycles. The normalized spacial score (nSPS) is 29.6. The van der Waals surface area contributed by atoms with E-state index < -0.39 is 6.10 Å². The Kier molecular flexibility index (Phi) is 1.45. The van der Waals surface area contributed by atoms with Crippen LogP contribution in [0.4, 0.5) is 0 Å². The van der Waals surface area contributed by atoms with Gasteiger partial charge in [-0.2, -0.15) is 0 Å². The molecule has 1 amide bonds. The number of hydrogen-bond acceptors (Lipinski definition) is 3. The van der Waals surface area contributed by atoms with Gasteiger partial charge < -0.3 is 5.11 Å². The molecule has 0 aromatic heterocycles. The van der Waals surface area contributed by atoms with Gasteiger partial charge in [0, 0.05) is 6.54 Å². The van der Waals surface area contributed by atoms with Crippen LogP contribution in [0.3, 0.4) is 0 Å². The van der Waals surface area contributed by atoms with Gasteiger partial charge in [-0.05, 0) is 6.42 Å². The van der Waals surface area contributed by atoms with Gasteiger partial charge in [-0.1, -0.05) is 0 Å². The molecule has 0 radical (unpaired) electrons. The monoisotopic (exact) mass is 116 g/mol. The molecule has 0 aromatic carbocycles. The van der Waals surface area contributed by atoms with Crippen LogP contribution in [0.1, 0.15) is 6.42 Å². The van der Waals surface area contributed by atoms with Crippen LogP contribution in [0.5, 0.6) is 0 Å². The van der Waals surface area contributed by atoms with Crippen molar-refractivity contribution in [1.29, 1.82) is 0 Å². The minimum atomic E-state index is -0.809. The summed E-state index contributed by atoms with van der Waals surface area (Å²) in [5.41, 5.74) is 4.90. The predicted molar refractivity (Wildman–Crippen MR) is 26.8 cm³/mol. The van der Waals surface area contributed by atoms with Gasteiger partial charge in [-0.25, -0.2) is 5.43 Å². The summed E-state index contributed by atoms with van der Waals surface area (Å²) in [5, 5.41) is 8.73. The first-order valence-corrected chi connectivity index (χ1v) is 2.51. The first-order chi connectivity index (χ1) is 3.80. The average molecular weight is 116 g/mol. The van der Waals surface area contributed by atoms with Crippen molar-refractivity contribution in [2.45, 2.75) is 12.5 Å². The first kappa shape index (κ1) is 5.53. The number of aliphatic hydroxyl groups excluding tert-OH is 1. The highest BCUT2D eigenvalue weighted by atomic mass is 16.3. The third kappa shape index (κ3) is 0.962. The molecule has 46 valence electrons. The van der Waals surface area contributed by atoms with Crippen LogP contribution in [0, 0.1) is 0 Å². The van der Waals surface area contributed by atoms with Gasteiger partial charge in [0.25, 0.3) is 5.91 Å². The van der Waals surface area contributed by atoms with Crippen molar-refractivity contribution in [1.82, 2.24) is 10.9 Å². The van der Waals surface area contributed by atoms with E-state index in [1.165, 1.54) is 0 Å². The Hall–Kier alpha value is -0.610. The molecular formula is C4H8N2O2. The largest absolute Gasteiger partial charge is 0.383 e. The van der Waals surface area contributed by atoms with Crippen molar-refractivity contribution in [2.75, 3.05) is 6.54 Å². The summed E-state index contributed by atoms with van der Waals surface area (Å²) in [5.74, 6) is -0.337. The minimum Gasteiger partial charge on any atom is -0.383 e. The van der Waals surface area contributed by atoms with E-state index in [1.807, 2.05) is 0 Å². The van der Waals surface area contributed by atoms with E-state index >= 15 is 0 Å². The Morgan fingerprint density at radius 2 is 2.50 bits per heavy atom. The molecule has 3 N–H and O–H groups in total. The Morgan fingerprint density at radius 3 is 2.88 bits per heavy atom. The topological polar surface area (TPSA) is 61.4 Å². The number of carbonyl (C=O) groups excluding carboxylic acids is 1. The molecular weight excluding hydrogens is 108 g/mol. The number of rotatable bonds is 0. The second-order valence-electron chi connectivity index (χ2n) is 1.72. The number of carbonyl (C=O) groups is 1. The van der Waals surface area contributed by atoms with E-state index in [0.29, 0.717) is 13.0 Å². The SMILES string of the molecule is O=C1NNCCC1O. The lowest BCUT2D eigenvalue weighted by Crippen LogP contribution is -2.50. The molecule has 1 aliphatic rings. The summed E-state index contributed by atoms with van der Waals surface area (Å²) in [6.07, 6.45) is -0.303. The molecule has 4 heteroatoms. The van der Waals surface area contributed by atoms with Crippen LogP contribution >= 0.6 is 0 Å². The smallest absolute Gasteiger partial charge is 0.262 e. The van der Waals surface area contributed by atoms with Crippen molar-refractivity contribution in [3.8, 4) is 0 Å². The molecule has 4 nitrogen and oxygen atoms in total. The molecule has 1 rings (SSSR count). The number of hydrogen-bond donors (Lipinski definition) is 3. The lowest BCUT2D eigenvalue weighted by Gasteiger charge is -2.17. The molecule has 1 atom stereocenters. The fourth-order valence-electron chi connectivity index (χ4n) is 0.573. The predicted octanol–water partition coefficient (Wildman–Crippen LogP) is -1.63. The summed E-state index contributed by atoms with van der Waals surface area (Å²) in [7, 11) is 0. The molecule has 8 heavy (non-hydrogen) atoms. The van der Waals surface area contributed by atoms with Crippen LogP contribution in [-0.4, -0.2) is 23.7 Å². The van der Waals surface area contributed by atoms with Gasteiger partial charge in [-0.15, -0.1) is 0 Å². The highest BCUT2D eigenvalue weighted by molar-refractivity contribution is 5.80. The van der Waals surface area contributed by atoms with E-state index in [9.17, 15) is 4.79 Å². The van der Waals surface area contributed by atoms with Crippen molar-refractivity contribution in [3.63, 3.8) is 0 Å². The third-order valence-electron chi connectivity index (χ3n) is 1.06. The number of amides is 1. The Morgan fingerprint density at radius 1 is 1.75 bits per heavy atom. The van der Waals surface area contributed by atoms with Crippen molar-refractivity contribution < 1.29 is 9.90 Å². The second-order valence-corrected chi connectivity index (χ2v) is 1.72. The first-order valence-electron chi connectivity index (χ1n) is 2.51. The van der Waals surface area contributed by atoms with Gasteiger partial charge in [0.2, 0.25) is 0 Å². The van der Waals surface area contributed by atoms with Crippen molar-refractivity contribution >= 4 is 5.91 Å². The maximum Gasteiger partial charge on any atom is 0.262 e. The summed E-state index contributed by atoms with van der Waals surface area (Å²) < 4.78 is 0. The highest BCUT2D eigenvalue weighted by Gasteiger charge is 2.17. The van der Waals surface area contributed by atoms with Crippen LogP contribution in [0.25, 0.3) is 0 Å². The van der Waals surface area contributed by atoms with E-state index in [1.54, 1.807) is 0 Å². The Bertz CT molecular complexity index is 104. The number of hydrazine groups is 1. The summed E-state index contributed by atoms with van der Waals surface area (Å²) in [4.78, 5) is 10.4. The van der Waals surface area contributed by atoms with E-state index in [0.717, 1.165) is 0 Å². The van der Waals surface area contributed by atoms with Crippen LogP contribution < -0.4 is 10.9 Å². The zero-order valence-corrected chi connectivity index (χ0v) is 4.35. The highest BCUT2D eigenvalue weighted by Crippen LogP contribution is 1.91. The maximum atomic E-state index is 10.4. The lowest BCUT2D eigenvalue weighted by molar-refractivity contribution is -0.132. The molecule has 0 spiro atoms. The number of nitrogens with one attached hydrogen (secondary N) is 2. The van der Waals surface area contributed by atoms with Crippen LogP contribution in [-0.2, 0) is 4.79 Å². The Labute approximate surface area is 46.9 Å². The molecule has 0 aromatic rings. The van der Waals surface area contributed by atoms with Gasteiger partial charge in [-0.3, -0.25) is 10.2 Å². The third-order valence-corrected chi connectivity index (χ3v) is 1.06. The summed E-state index contributed by atoms with van der Waals surface area (Å²) >= 11 is 0. The van der Waals surface area contributed by atoms with Gasteiger partial charge in [0.15, 0.2) is 0 Å². The quantitative estimate of drug-likeness (QED) is 0.356. The molecule has 0 bridgehead atoms. The zero-order valence-electron chi connectivity index (χ0n) is 4.35. The van der Waals surface area contributed by atoms with Crippen molar-refractivity contribution in [3.05, 3.63) is 0 Å². The molecule has 1 aliphatic heterocycles. The lowest BCUT2D eigenvalue weighted by atomic mass is 10.2. The van der Waals surface area contributed by atoms with Gasteiger partial charge in [0.05, 0.1) is 0 Å². The average Bonchev–Trinajstić information content (AvgIpc) is 1.77. The summed E-state index contributed by atoms with van der Waals surface area (Å²) in [6.45, 7) is 0.646.